The maximum Gasteiger partial charge on any atom is 0.268 e. The molecule has 5 rings (SSSR count). The van der Waals surface area contributed by atoms with E-state index in [4.69, 9.17) is 0 Å². The van der Waals surface area contributed by atoms with E-state index in [1.165, 1.54) is 0 Å². The first-order chi connectivity index (χ1) is 15.2. The topological polar surface area (TPSA) is 60.1 Å². The summed E-state index contributed by atoms with van der Waals surface area (Å²) in [6.07, 6.45) is 1.68. The van der Waals surface area contributed by atoms with Crippen molar-refractivity contribution in [2.75, 3.05) is 0 Å². The largest absolute Gasteiger partial charge is 0.506 e. The monoisotopic (exact) mass is 405 g/mol. The number of aromatic hydroxyl groups is 1. The minimum absolute atomic E-state index is 0.0823. The van der Waals surface area contributed by atoms with Gasteiger partial charge in [0.1, 0.15) is 17.0 Å². The number of aromatic nitrogens is 3. The highest BCUT2D eigenvalue weighted by molar-refractivity contribution is 5.92. The molecule has 0 fully saturated rings. The second kappa shape index (κ2) is 7.46. The average Bonchev–Trinajstić information content (AvgIpc) is 3.24. The smallest absolute Gasteiger partial charge is 0.268 e. The van der Waals surface area contributed by atoms with Crippen LogP contribution in [-0.4, -0.2) is 19.5 Å². The minimum atomic E-state index is -0.337. The predicted octanol–water partition coefficient (Wildman–Crippen LogP) is 5.19. The molecule has 5 aromatic rings. The van der Waals surface area contributed by atoms with Gasteiger partial charge in [-0.25, -0.2) is 4.68 Å². The Morgan fingerprint density at radius 2 is 1.45 bits per heavy atom. The van der Waals surface area contributed by atoms with Gasteiger partial charge in [0.15, 0.2) is 0 Å². The molecule has 0 aliphatic rings. The van der Waals surface area contributed by atoms with Gasteiger partial charge in [0.25, 0.3) is 5.56 Å². The van der Waals surface area contributed by atoms with Crippen molar-refractivity contribution in [2.24, 2.45) is 0 Å². The van der Waals surface area contributed by atoms with Gasteiger partial charge in [-0.05, 0) is 48.5 Å². The van der Waals surface area contributed by atoms with Gasteiger partial charge >= 0.3 is 0 Å². The summed E-state index contributed by atoms with van der Waals surface area (Å²) in [4.78, 5) is 13.7. The zero-order chi connectivity index (χ0) is 21.4. The number of hydrogen-bond donors (Lipinski definition) is 1. The maximum absolute atomic E-state index is 13.7. The first-order valence-corrected chi connectivity index (χ1v) is 9.89. The summed E-state index contributed by atoms with van der Waals surface area (Å²) in [6, 6.07) is 28.1. The molecule has 0 spiro atoms. The highest BCUT2D eigenvalue weighted by Gasteiger charge is 2.21. The number of nitrogens with zero attached hydrogens (tertiary/aromatic N) is 3. The van der Waals surface area contributed by atoms with Gasteiger partial charge in [0.2, 0.25) is 0 Å². The first kappa shape index (κ1) is 18.6. The highest BCUT2D eigenvalue weighted by atomic mass is 16.3. The van der Waals surface area contributed by atoms with Gasteiger partial charge in [-0.2, -0.15) is 5.10 Å². The van der Waals surface area contributed by atoms with Crippen LogP contribution in [-0.2, 0) is 0 Å². The first-order valence-electron chi connectivity index (χ1n) is 9.89. The van der Waals surface area contributed by atoms with Crippen molar-refractivity contribution in [2.45, 2.75) is 0 Å². The molecule has 2 heterocycles. The second-order valence-electron chi connectivity index (χ2n) is 7.12. The van der Waals surface area contributed by atoms with Crippen molar-refractivity contribution >= 4 is 17.0 Å². The number of fused-ring (bicyclic) bond motifs is 1. The highest BCUT2D eigenvalue weighted by Crippen LogP contribution is 2.34. The second-order valence-corrected chi connectivity index (χ2v) is 7.12. The van der Waals surface area contributed by atoms with Crippen LogP contribution in [0.2, 0.25) is 0 Å². The molecule has 0 amide bonds. The number of rotatable bonds is 4. The third-order valence-corrected chi connectivity index (χ3v) is 5.27. The summed E-state index contributed by atoms with van der Waals surface area (Å²) in [6.45, 7) is 3.88. The lowest BCUT2D eigenvalue weighted by atomic mass is 10.1. The molecule has 1 N–H and O–H groups in total. The van der Waals surface area contributed by atoms with Crippen LogP contribution in [0.5, 0.6) is 5.75 Å². The average molecular weight is 405 g/mol. The Labute approximate surface area is 178 Å². The summed E-state index contributed by atoms with van der Waals surface area (Å²) in [5.41, 5.74) is 3.11. The van der Waals surface area contributed by atoms with E-state index < -0.39 is 0 Å². The van der Waals surface area contributed by atoms with E-state index in [0.29, 0.717) is 16.6 Å². The van der Waals surface area contributed by atoms with Gasteiger partial charge in [0.05, 0.1) is 16.9 Å². The molecule has 0 saturated heterocycles. The Morgan fingerprint density at radius 3 is 2.13 bits per heavy atom. The van der Waals surface area contributed by atoms with Gasteiger partial charge in [-0.15, -0.1) is 0 Å². The molecule has 0 saturated carbocycles. The summed E-state index contributed by atoms with van der Waals surface area (Å²) in [5.74, 6) is -0.0823. The number of para-hydroxylation sites is 3. The van der Waals surface area contributed by atoms with Gasteiger partial charge in [0, 0.05) is 11.1 Å². The van der Waals surface area contributed by atoms with E-state index in [9.17, 15) is 9.90 Å². The van der Waals surface area contributed by atoms with Crippen molar-refractivity contribution < 1.29 is 5.11 Å². The molecule has 0 aliphatic carbocycles. The summed E-state index contributed by atoms with van der Waals surface area (Å²) in [7, 11) is 0. The van der Waals surface area contributed by atoms with Crippen molar-refractivity contribution in [1.29, 1.82) is 0 Å². The number of pyridine rings is 1. The van der Waals surface area contributed by atoms with Crippen molar-refractivity contribution in [3.05, 3.63) is 114 Å². The van der Waals surface area contributed by atoms with Crippen molar-refractivity contribution in [3.8, 4) is 28.4 Å². The van der Waals surface area contributed by atoms with E-state index >= 15 is 0 Å². The fraction of sp³-hybridized carbons (Fsp3) is 0. The predicted molar refractivity (Wildman–Crippen MR) is 124 cm³/mol. The fourth-order valence-electron chi connectivity index (χ4n) is 3.83. The molecular weight excluding hydrogens is 386 g/mol. The van der Waals surface area contributed by atoms with Crippen molar-refractivity contribution in [3.63, 3.8) is 0 Å². The number of hydrogen-bond acceptors (Lipinski definition) is 3. The van der Waals surface area contributed by atoms with Crippen LogP contribution < -0.4 is 5.56 Å². The Kier molecular flexibility index (Phi) is 4.49. The van der Waals surface area contributed by atoms with Crippen LogP contribution in [0.4, 0.5) is 0 Å². The normalized spacial score (nSPS) is 11.0. The van der Waals surface area contributed by atoms with E-state index in [1.807, 2.05) is 78.9 Å². The molecule has 2 aromatic heterocycles. The lowest BCUT2D eigenvalue weighted by molar-refractivity contribution is 0.482. The van der Waals surface area contributed by atoms with Crippen LogP contribution in [0, 0.1) is 0 Å². The molecule has 0 unspecified atom stereocenters. The lowest BCUT2D eigenvalue weighted by Gasteiger charge is -2.14. The minimum Gasteiger partial charge on any atom is -0.506 e. The zero-order valence-electron chi connectivity index (χ0n) is 16.6. The van der Waals surface area contributed by atoms with Gasteiger partial charge in [-0.3, -0.25) is 9.36 Å². The van der Waals surface area contributed by atoms with Crippen LogP contribution in [0.25, 0.3) is 39.6 Å². The van der Waals surface area contributed by atoms with Crippen LogP contribution in [0.15, 0.2) is 102 Å². The Morgan fingerprint density at radius 1 is 0.839 bits per heavy atom. The summed E-state index contributed by atoms with van der Waals surface area (Å²) >= 11 is 0. The molecule has 31 heavy (non-hydrogen) atoms. The third-order valence-electron chi connectivity index (χ3n) is 5.27. The third kappa shape index (κ3) is 3.04. The Balaban J connectivity index is 1.84. The quantitative estimate of drug-likeness (QED) is 0.447. The molecule has 0 aliphatic heterocycles. The summed E-state index contributed by atoms with van der Waals surface area (Å²) < 4.78 is 3.32. The van der Waals surface area contributed by atoms with Crippen LogP contribution in [0.3, 0.4) is 0 Å². The van der Waals surface area contributed by atoms with E-state index in [-0.39, 0.29) is 16.9 Å². The lowest BCUT2D eigenvalue weighted by Crippen LogP contribution is -2.21. The molecular formula is C26H19N3O2. The molecule has 5 nitrogen and oxygen atoms in total. The maximum atomic E-state index is 13.7. The standard InChI is InChI=1S/C26H19N3O2/c1-2-18-17-22(27-29(18)20-13-7-4-8-14-20)24-25(30)21-15-9-10-16-23(21)28(26(24)31)19-11-5-3-6-12-19/h2-17,30H,1H2. The fourth-order valence-corrected chi connectivity index (χ4v) is 3.83. The van der Waals surface area contributed by atoms with Crippen LogP contribution in [0.1, 0.15) is 5.69 Å². The summed E-state index contributed by atoms with van der Waals surface area (Å²) in [5, 5.41) is 16.3. The van der Waals surface area contributed by atoms with Crippen molar-refractivity contribution in [1.82, 2.24) is 14.3 Å². The molecule has 0 radical (unpaired) electrons. The molecule has 150 valence electrons. The Bertz CT molecular complexity index is 1470. The van der Waals surface area contributed by atoms with E-state index in [2.05, 4.69) is 11.7 Å². The van der Waals surface area contributed by atoms with E-state index in [1.54, 1.807) is 27.5 Å². The Hall–Kier alpha value is -4.38. The van der Waals surface area contributed by atoms with Gasteiger partial charge < -0.3 is 5.11 Å². The van der Waals surface area contributed by atoms with E-state index in [0.717, 1.165) is 17.1 Å². The zero-order valence-corrected chi connectivity index (χ0v) is 16.6. The molecule has 3 aromatic carbocycles. The molecule has 5 heteroatoms. The number of benzene rings is 3. The van der Waals surface area contributed by atoms with Gasteiger partial charge in [-0.1, -0.05) is 55.1 Å². The van der Waals surface area contributed by atoms with Crippen LogP contribution >= 0.6 is 0 Å². The molecule has 0 atom stereocenters. The molecule has 0 bridgehead atoms. The SMILES string of the molecule is C=Cc1cc(-c2c(O)c3ccccc3n(-c3ccccc3)c2=O)nn1-c1ccccc1.